The Bertz CT molecular complexity index is 486. The van der Waals surface area contributed by atoms with Gasteiger partial charge in [0.1, 0.15) is 11.5 Å². The molecule has 1 heterocycles. The highest BCUT2D eigenvalue weighted by atomic mass is 32.1. The van der Waals surface area contributed by atoms with E-state index >= 15 is 0 Å². The Hall–Kier alpha value is -1.35. The van der Waals surface area contributed by atoms with E-state index in [0.29, 0.717) is 17.0 Å². The quantitative estimate of drug-likeness (QED) is 0.809. The van der Waals surface area contributed by atoms with Gasteiger partial charge in [0.25, 0.3) is 5.91 Å². The molecule has 20 heavy (non-hydrogen) atoms. The molecule has 0 spiro atoms. The molecule has 110 valence electrons. The number of thiophene rings is 1. The molecule has 1 N–H and O–H groups in total. The van der Waals surface area contributed by atoms with Crippen LogP contribution in [0.25, 0.3) is 0 Å². The SMILES string of the molecule is CCN(CCCN(C)C)C(=O)c1sccc1C#CCO. The highest BCUT2D eigenvalue weighted by molar-refractivity contribution is 7.12. The molecule has 0 unspecified atom stereocenters. The van der Waals surface area contributed by atoms with E-state index < -0.39 is 0 Å². The Kier molecular flexibility index (Phi) is 7.31. The summed E-state index contributed by atoms with van der Waals surface area (Å²) < 4.78 is 0. The Morgan fingerprint density at radius 1 is 1.40 bits per heavy atom. The van der Waals surface area contributed by atoms with E-state index in [1.165, 1.54) is 11.3 Å². The number of hydrogen-bond acceptors (Lipinski definition) is 4. The fourth-order valence-electron chi connectivity index (χ4n) is 1.83. The van der Waals surface area contributed by atoms with E-state index in [2.05, 4.69) is 16.7 Å². The Morgan fingerprint density at radius 2 is 2.15 bits per heavy atom. The van der Waals surface area contributed by atoms with Gasteiger partial charge in [-0.1, -0.05) is 11.8 Å². The zero-order valence-electron chi connectivity index (χ0n) is 12.3. The minimum atomic E-state index is -0.191. The van der Waals surface area contributed by atoms with Gasteiger partial charge in [-0.25, -0.2) is 0 Å². The van der Waals surface area contributed by atoms with Gasteiger partial charge in [0.2, 0.25) is 0 Å². The molecule has 0 atom stereocenters. The first-order chi connectivity index (χ1) is 9.60. The number of amides is 1. The summed E-state index contributed by atoms with van der Waals surface area (Å²) in [6.07, 6.45) is 0.954. The summed E-state index contributed by atoms with van der Waals surface area (Å²) in [5, 5.41) is 10.6. The summed E-state index contributed by atoms with van der Waals surface area (Å²) in [4.78, 5) is 17.1. The Morgan fingerprint density at radius 3 is 2.75 bits per heavy atom. The molecule has 4 nitrogen and oxygen atoms in total. The standard InChI is InChI=1S/C15H22N2O2S/c1-4-17(10-6-9-16(2)3)15(19)14-13(7-5-11-18)8-12-20-14/h8,12,18H,4,6,9-11H2,1-3H3. The minimum absolute atomic E-state index is 0.0310. The van der Waals surface area contributed by atoms with Crippen molar-refractivity contribution in [3.8, 4) is 11.8 Å². The van der Waals surface area contributed by atoms with Crippen molar-refractivity contribution in [2.24, 2.45) is 0 Å². The molecule has 0 saturated carbocycles. The third kappa shape index (κ3) is 4.97. The molecule has 0 aliphatic rings. The van der Waals surface area contributed by atoms with E-state index in [-0.39, 0.29) is 12.5 Å². The van der Waals surface area contributed by atoms with Crippen LogP contribution in [0.1, 0.15) is 28.6 Å². The van der Waals surface area contributed by atoms with E-state index in [4.69, 9.17) is 5.11 Å². The van der Waals surface area contributed by atoms with Crippen LogP contribution < -0.4 is 0 Å². The molecular weight excluding hydrogens is 272 g/mol. The van der Waals surface area contributed by atoms with Gasteiger partial charge in [-0.3, -0.25) is 4.79 Å². The fourth-order valence-corrected chi connectivity index (χ4v) is 2.65. The van der Waals surface area contributed by atoms with Crippen LogP contribution in [0.2, 0.25) is 0 Å². The maximum atomic E-state index is 12.5. The zero-order chi connectivity index (χ0) is 15.0. The van der Waals surface area contributed by atoms with E-state index in [0.717, 1.165) is 19.5 Å². The Balaban J connectivity index is 2.73. The maximum absolute atomic E-state index is 12.5. The topological polar surface area (TPSA) is 43.8 Å². The summed E-state index contributed by atoms with van der Waals surface area (Å²) in [7, 11) is 4.06. The number of aliphatic hydroxyl groups is 1. The minimum Gasteiger partial charge on any atom is -0.384 e. The summed E-state index contributed by atoms with van der Waals surface area (Å²) in [5.41, 5.74) is 0.708. The first kappa shape index (κ1) is 16.7. The lowest BCUT2D eigenvalue weighted by Crippen LogP contribution is -2.33. The van der Waals surface area contributed by atoms with Crippen LogP contribution >= 0.6 is 11.3 Å². The van der Waals surface area contributed by atoms with Gasteiger partial charge in [0, 0.05) is 18.7 Å². The van der Waals surface area contributed by atoms with Crippen LogP contribution in [0.3, 0.4) is 0 Å². The smallest absolute Gasteiger partial charge is 0.265 e. The first-order valence-electron chi connectivity index (χ1n) is 6.71. The number of carbonyl (C=O) groups is 1. The van der Waals surface area contributed by atoms with E-state index in [1.54, 1.807) is 0 Å². The van der Waals surface area contributed by atoms with Gasteiger partial charge >= 0.3 is 0 Å². The van der Waals surface area contributed by atoms with Gasteiger partial charge in [-0.15, -0.1) is 11.3 Å². The second kappa shape index (κ2) is 8.75. The average Bonchev–Trinajstić information content (AvgIpc) is 2.88. The fraction of sp³-hybridized carbons (Fsp3) is 0.533. The van der Waals surface area contributed by atoms with Crippen molar-refractivity contribution in [1.29, 1.82) is 0 Å². The van der Waals surface area contributed by atoms with Crippen LogP contribution in [0.15, 0.2) is 11.4 Å². The largest absolute Gasteiger partial charge is 0.384 e. The van der Waals surface area contributed by atoms with Crippen molar-refractivity contribution in [2.45, 2.75) is 13.3 Å². The second-order valence-electron chi connectivity index (χ2n) is 4.66. The monoisotopic (exact) mass is 294 g/mol. The van der Waals surface area contributed by atoms with Crippen LogP contribution in [-0.2, 0) is 0 Å². The lowest BCUT2D eigenvalue weighted by molar-refractivity contribution is 0.0764. The van der Waals surface area contributed by atoms with Crippen molar-refractivity contribution in [3.05, 3.63) is 21.9 Å². The predicted octanol–water partition coefficient (Wildman–Crippen LogP) is 1.51. The van der Waals surface area contributed by atoms with Crippen molar-refractivity contribution < 1.29 is 9.90 Å². The number of nitrogens with zero attached hydrogens (tertiary/aromatic N) is 2. The number of carbonyl (C=O) groups excluding carboxylic acids is 1. The third-order valence-corrected chi connectivity index (χ3v) is 3.77. The van der Waals surface area contributed by atoms with Gasteiger partial charge in [0.15, 0.2) is 0 Å². The predicted molar refractivity (Wildman–Crippen MR) is 83.0 cm³/mol. The molecule has 0 aliphatic carbocycles. The second-order valence-corrected chi connectivity index (χ2v) is 5.58. The zero-order valence-corrected chi connectivity index (χ0v) is 13.2. The lowest BCUT2D eigenvalue weighted by Gasteiger charge is -2.21. The molecule has 0 radical (unpaired) electrons. The van der Waals surface area contributed by atoms with Crippen molar-refractivity contribution in [1.82, 2.24) is 9.80 Å². The molecule has 1 amide bonds. The summed E-state index contributed by atoms with van der Waals surface area (Å²) >= 11 is 1.41. The van der Waals surface area contributed by atoms with Crippen molar-refractivity contribution in [2.75, 3.05) is 40.3 Å². The molecule has 0 aliphatic heterocycles. The summed E-state index contributed by atoms with van der Waals surface area (Å²) in [6.45, 7) is 4.20. The summed E-state index contributed by atoms with van der Waals surface area (Å²) in [6, 6.07) is 1.83. The molecule has 5 heteroatoms. The van der Waals surface area contributed by atoms with E-state index in [9.17, 15) is 4.79 Å². The van der Waals surface area contributed by atoms with Crippen molar-refractivity contribution >= 4 is 17.2 Å². The van der Waals surface area contributed by atoms with Gasteiger partial charge in [0.05, 0.1) is 0 Å². The van der Waals surface area contributed by atoms with Crippen LogP contribution in [0, 0.1) is 11.8 Å². The molecule has 1 aromatic rings. The maximum Gasteiger partial charge on any atom is 0.265 e. The number of hydrogen-bond donors (Lipinski definition) is 1. The van der Waals surface area contributed by atoms with E-state index in [1.807, 2.05) is 37.4 Å². The molecule has 0 fully saturated rings. The van der Waals surface area contributed by atoms with Crippen LogP contribution in [0.4, 0.5) is 0 Å². The molecule has 0 saturated heterocycles. The van der Waals surface area contributed by atoms with Crippen LogP contribution in [-0.4, -0.2) is 61.2 Å². The van der Waals surface area contributed by atoms with Gasteiger partial charge < -0.3 is 14.9 Å². The Labute approximate surface area is 125 Å². The lowest BCUT2D eigenvalue weighted by atomic mass is 10.2. The number of aliphatic hydroxyl groups excluding tert-OH is 1. The highest BCUT2D eigenvalue weighted by Gasteiger charge is 2.18. The summed E-state index contributed by atoms with van der Waals surface area (Å²) in [5.74, 6) is 5.46. The first-order valence-corrected chi connectivity index (χ1v) is 7.59. The molecule has 0 bridgehead atoms. The average molecular weight is 294 g/mol. The molecule has 0 aromatic carbocycles. The third-order valence-electron chi connectivity index (χ3n) is 2.86. The van der Waals surface area contributed by atoms with Crippen molar-refractivity contribution in [3.63, 3.8) is 0 Å². The highest BCUT2D eigenvalue weighted by Crippen LogP contribution is 2.18. The molecular formula is C15H22N2O2S. The molecule has 1 aromatic heterocycles. The van der Waals surface area contributed by atoms with Gasteiger partial charge in [-0.05, 0) is 45.4 Å². The number of rotatable bonds is 6. The molecule has 1 rings (SSSR count). The van der Waals surface area contributed by atoms with Gasteiger partial charge in [-0.2, -0.15) is 0 Å². The van der Waals surface area contributed by atoms with Crippen LogP contribution in [0.5, 0.6) is 0 Å². The normalized spacial score (nSPS) is 10.2.